The van der Waals surface area contributed by atoms with Crippen molar-refractivity contribution in [1.82, 2.24) is 24.5 Å². The maximum atomic E-state index is 12.2. The standard InChI is InChI=1S/C27H31N5O4/c1-27(2,3)36-26(33)17-31-23-10-7-19(14-20(23)15-30-31)18-35-21-8-9-22(28-16-21)24-11-12-29-32(24)25-6-4-5-13-34-25/h7-12,14-16,25H,4-6,13,17-18H2,1-3H3. The van der Waals surface area contributed by atoms with Crippen molar-refractivity contribution in [2.45, 2.75) is 65.0 Å². The highest BCUT2D eigenvalue weighted by molar-refractivity contribution is 5.81. The van der Waals surface area contributed by atoms with Gasteiger partial charge in [-0.25, -0.2) is 4.68 Å². The second kappa shape index (κ2) is 10.1. The van der Waals surface area contributed by atoms with Crippen LogP contribution in [0.4, 0.5) is 0 Å². The molecule has 0 spiro atoms. The highest BCUT2D eigenvalue weighted by atomic mass is 16.6. The lowest BCUT2D eigenvalue weighted by Crippen LogP contribution is -2.26. The van der Waals surface area contributed by atoms with Gasteiger partial charge in [0, 0.05) is 18.2 Å². The number of hydrogen-bond acceptors (Lipinski definition) is 7. The summed E-state index contributed by atoms with van der Waals surface area (Å²) in [6.07, 6.45) is 8.42. The molecule has 9 nitrogen and oxygen atoms in total. The van der Waals surface area contributed by atoms with E-state index in [9.17, 15) is 4.79 Å². The molecule has 3 aromatic heterocycles. The van der Waals surface area contributed by atoms with E-state index in [1.54, 1.807) is 23.3 Å². The number of carbonyl (C=O) groups excluding carboxylic acids is 1. The summed E-state index contributed by atoms with van der Waals surface area (Å²) in [5.41, 5.74) is 3.10. The Kier molecular flexibility index (Phi) is 6.73. The van der Waals surface area contributed by atoms with E-state index in [-0.39, 0.29) is 18.7 Å². The number of benzene rings is 1. The van der Waals surface area contributed by atoms with Crippen LogP contribution in [0.2, 0.25) is 0 Å². The molecule has 36 heavy (non-hydrogen) atoms. The van der Waals surface area contributed by atoms with Crippen LogP contribution in [-0.4, -0.2) is 42.7 Å². The Morgan fingerprint density at radius 2 is 2.00 bits per heavy atom. The zero-order chi connectivity index (χ0) is 25.1. The summed E-state index contributed by atoms with van der Waals surface area (Å²) in [4.78, 5) is 16.8. The van der Waals surface area contributed by atoms with E-state index in [0.717, 1.165) is 53.7 Å². The number of ether oxygens (including phenoxy) is 3. The summed E-state index contributed by atoms with van der Waals surface area (Å²) in [6, 6.07) is 11.7. The van der Waals surface area contributed by atoms with Gasteiger partial charge in [-0.3, -0.25) is 14.5 Å². The molecular weight excluding hydrogens is 458 g/mol. The molecule has 1 saturated heterocycles. The number of pyridine rings is 1. The Bertz CT molecular complexity index is 1330. The number of nitrogens with zero attached hydrogens (tertiary/aromatic N) is 5. The maximum Gasteiger partial charge on any atom is 0.328 e. The van der Waals surface area contributed by atoms with Crippen molar-refractivity contribution in [2.24, 2.45) is 0 Å². The Morgan fingerprint density at radius 3 is 2.75 bits per heavy atom. The summed E-state index contributed by atoms with van der Waals surface area (Å²) < 4.78 is 20.8. The predicted molar refractivity (Wildman–Crippen MR) is 134 cm³/mol. The molecule has 1 fully saturated rings. The van der Waals surface area contributed by atoms with Crippen molar-refractivity contribution < 1.29 is 19.0 Å². The lowest BCUT2D eigenvalue weighted by Gasteiger charge is -2.24. The van der Waals surface area contributed by atoms with E-state index in [0.29, 0.717) is 12.4 Å². The van der Waals surface area contributed by atoms with Crippen LogP contribution in [-0.2, 0) is 27.4 Å². The van der Waals surface area contributed by atoms with Crippen LogP contribution in [0.5, 0.6) is 5.75 Å². The molecule has 0 radical (unpaired) electrons. The zero-order valence-electron chi connectivity index (χ0n) is 20.9. The van der Waals surface area contributed by atoms with E-state index < -0.39 is 5.60 Å². The molecule has 9 heteroatoms. The van der Waals surface area contributed by atoms with E-state index in [1.807, 2.05) is 61.9 Å². The molecule has 0 aliphatic carbocycles. The van der Waals surface area contributed by atoms with Gasteiger partial charge in [-0.1, -0.05) is 6.07 Å². The Balaban J connectivity index is 1.22. The normalized spacial score (nSPS) is 16.2. The van der Waals surface area contributed by atoms with Crippen molar-refractivity contribution in [2.75, 3.05) is 6.61 Å². The number of fused-ring (bicyclic) bond motifs is 1. The number of aromatic nitrogens is 5. The topological polar surface area (TPSA) is 93.3 Å². The second-order valence-corrected chi connectivity index (χ2v) is 9.93. The maximum absolute atomic E-state index is 12.2. The van der Waals surface area contributed by atoms with Gasteiger partial charge in [-0.15, -0.1) is 0 Å². The van der Waals surface area contributed by atoms with Crippen molar-refractivity contribution in [3.05, 3.63) is 60.6 Å². The fraction of sp³-hybridized carbons (Fsp3) is 0.407. The average molecular weight is 490 g/mol. The molecule has 0 N–H and O–H groups in total. The lowest BCUT2D eigenvalue weighted by atomic mass is 10.1. The number of esters is 1. The quantitative estimate of drug-likeness (QED) is 0.340. The molecule has 188 valence electrons. The van der Waals surface area contributed by atoms with Gasteiger partial charge in [0.25, 0.3) is 0 Å². The van der Waals surface area contributed by atoms with Crippen molar-refractivity contribution in [3.8, 4) is 17.1 Å². The molecule has 4 heterocycles. The van der Waals surface area contributed by atoms with Crippen LogP contribution < -0.4 is 4.74 Å². The van der Waals surface area contributed by atoms with Crippen LogP contribution >= 0.6 is 0 Å². The van der Waals surface area contributed by atoms with Gasteiger partial charge in [-0.2, -0.15) is 10.2 Å². The van der Waals surface area contributed by atoms with Gasteiger partial charge in [0.1, 0.15) is 24.5 Å². The Morgan fingerprint density at radius 1 is 1.11 bits per heavy atom. The molecule has 0 bridgehead atoms. The summed E-state index contributed by atoms with van der Waals surface area (Å²) in [7, 11) is 0. The number of carbonyl (C=O) groups is 1. The average Bonchev–Trinajstić information content (AvgIpc) is 3.50. The van der Waals surface area contributed by atoms with Crippen LogP contribution in [0, 0.1) is 0 Å². The smallest absolute Gasteiger partial charge is 0.328 e. The minimum atomic E-state index is -0.525. The largest absolute Gasteiger partial charge is 0.487 e. The molecule has 1 unspecified atom stereocenters. The Labute approximate surface area is 210 Å². The molecule has 1 aromatic carbocycles. The van der Waals surface area contributed by atoms with Crippen molar-refractivity contribution >= 4 is 16.9 Å². The minimum absolute atomic E-state index is 0.0371. The number of rotatable bonds is 7. The van der Waals surface area contributed by atoms with Gasteiger partial charge in [-0.05, 0) is 75.9 Å². The van der Waals surface area contributed by atoms with Gasteiger partial charge >= 0.3 is 5.97 Å². The third-order valence-electron chi connectivity index (χ3n) is 5.91. The van der Waals surface area contributed by atoms with Crippen LogP contribution in [0.25, 0.3) is 22.3 Å². The monoisotopic (exact) mass is 489 g/mol. The van der Waals surface area contributed by atoms with E-state index in [1.165, 1.54) is 0 Å². The second-order valence-electron chi connectivity index (χ2n) is 9.93. The molecule has 1 aliphatic rings. The number of hydrogen-bond donors (Lipinski definition) is 0. The predicted octanol–water partition coefficient (Wildman–Crippen LogP) is 4.91. The first-order chi connectivity index (χ1) is 17.4. The lowest BCUT2D eigenvalue weighted by molar-refractivity contribution is -0.155. The van der Waals surface area contributed by atoms with Crippen LogP contribution in [0.15, 0.2) is 55.0 Å². The highest BCUT2D eigenvalue weighted by Crippen LogP contribution is 2.28. The SMILES string of the molecule is CC(C)(C)OC(=O)Cn1ncc2cc(COc3ccc(-c4ccnn4C4CCCCO4)nc3)ccc21. The highest BCUT2D eigenvalue weighted by Gasteiger charge is 2.20. The van der Waals surface area contributed by atoms with E-state index in [2.05, 4.69) is 15.2 Å². The first-order valence-corrected chi connectivity index (χ1v) is 12.3. The summed E-state index contributed by atoms with van der Waals surface area (Å²) in [5, 5.41) is 9.75. The first kappa shape index (κ1) is 24.0. The third-order valence-corrected chi connectivity index (χ3v) is 5.91. The van der Waals surface area contributed by atoms with Crippen LogP contribution in [0.1, 0.15) is 51.8 Å². The minimum Gasteiger partial charge on any atom is -0.487 e. The molecule has 5 rings (SSSR count). The molecule has 4 aromatic rings. The van der Waals surface area contributed by atoms with Crippen molar-refractivity contribution in [1.29, 1.82) is 0 Å². The summed E-state index contributed by atoms with van der Waals surface area (Å²) in [6.45, 7) is 6.78. The zero-order valence-corrected chi connectivity index (χ0v) is 20.9. The molecule has 0 saturated carbocycles. The first-order valence-electron chi connectivity index (χ1n) is 12.3. The van der Waals surface area contributed by atoms with Gasteiger partial charge in [0.05, 0.1) is 29.3 Å². The summed E-state index contributed by atoms with van der Waals surface area (Å²) in [5.74, 6) is 0.365. The van der Waals surface area contributed by atoms with Gasteiger partial charge in [0.2, 0.25) is 0 Å². The van der Waals surface area contributed by atoms with Gasteiger partial charge in [0.15, 0.2) is 6.23 Å². The molecule has 1 aliphatic heterocycles. The summed E-state index contributed by atoms with van der Waals surface area (Å²) >= 11 is 0. The molecule has 1 atom stereocenters. The van der Waals surface area contributed by atoms with Crippen LogP contribution in [0.3, 0.4) is 0 Å². The molecular formula is C27H31N5O4. The van der Waals surface area contributed by atoms with Crippen molar-refractivity contribution in [3.63, 3.8) is 0 Å². The third kappa shape index (κ3) is 5.57. The fourth-order valence-electron chi connectivity index (χ4n) is 4.30. The molecule has 0 amide bonds. The fourth-order valence-corrected chi connectivity index (χ4v) is 4.30. The van der Waals surface area contributed by atoms with E-state index >= 15 is 0 Å². The van der Waals surface area contributed by atoms with Gasteiger partial charge < -0.3 is 14.2 Å². The van der Waals surface area contributed by atoms with E-state index in [4.69, 9.17) is 14.2 Å². The Hall–Kier alpha value is -3.72.